The van der Waals surface area contributed by atoms with Crippen LogP contribution in [-0.2, 0) is 13.2 Å². The molecule has 1 aromatic carbocycles. The summed E-state index contributed by atoms with van der Waals surface area (Å²) in [4.78, 5) is 0. The van der Waals surface area contributed by atoms with Crippen molar-refractivity contribution < 1.29 is 27.8 Å². The van der Waals surface area contributed by atoms with Crippen molar-refractivity contribution in [3.05, 3.63) is 29.7 Å². The molecule has 2 rings (SSSR count). The van der Waals surface area contributed by atoms with Crippen molar-refractivity contribution in [1.82, 2.24) is 10.2 Å². The number of rotatable bonds is 8. The Hall–Kier alpha value is -2.42. The first-order valence-corrected chi connectivity index (χ1v) is 6.50. The Morgan fingerprint density at radius 1 is 1.32 bits per heavy atom. The van der Waals surface area contributed by atoms with Crippen molar-refractivity contribution >= 4 is 6.01 Å². The van der Waals surface area contributed by atoms with Crippen LogP contribution in [0.3, 0.4) is 0 Å². The maximum absolute atomic E-state index is 12.3. The number of ether oxygens (including phenoxy) is 2. The molecule has 0 atom stereocenters. The van der Waals surface area contributed by atoms with Gasteiger partial charge in [-0.1, -0.05) is 11.2 Å². The summed E-state index contributed by atoms with van der Waals surface area (Å²) in [7, 11) is 0. The number of aliphatic hydroxyl groups excluding tert-OH is 1. The zero-order valence-corrected chi connectivity index (χ0v) is 11.8. The van der Waals surface area contributed by atoms with Crippen molar-refractivity contribution in [3.8, 4) is 11.5 Å². The third-order valence-corrected chi connectivity index (χ3v) is 2.57. The SMILES string of the molecule is CCOc1cc(CNc2nnc(CO)o2)ccc1OC(F)F. The lowest BCUT2D eigenvalue weighted by atomic mass is 10.2. The number of hydrogen-bond acceptors (Lipinski definition) is 7. The summed E-state index contributed by atoms with van der Waals surface area (Å²) in [5.41, 5.74) is 0.744. The van der Waals surface area contributed by atoms with Crippen LogP contribution in [0.4, 0.5) is 14.8 Å². The molecule has 2 aromatic rings. The van der Waals surface area contributed by atoms with Crippen molar-refractivity contribution in [2.45, 2.75) is 26.7 Å². The summed E-state index contributed by atoms with van der Waals surface area (Å²) >= 11 is 0. The highest BCUT2D eigenvalue weighted by Crippen LogP contribution is 2.30. The van der Waals surface area contributed by atoms with Gasteiger partial charge in [0.1, 0.15) is 6.61 Å². The number of halogens is 2. The Labute approximate surface area is 124 Å². The molecule has 1 heterocycles. The van der Waals surface area contributed by atoms with E-state index in [1.165, 1.54) is 6.07 Å². The van der Waals surface area contributed by atoms with Gasteiger partial charge in [0.25, 0.3) is 0 Å². The fraction of sp³-hybridized carbons (Fsp3) is 0.385. The van der Waals surface area contributed by atoms with Gasteiger partial charge < -0.3 is 24.3 Å². The first kappa shape index (κ1) is 16.0. The highest BCUT2D eigenvalue weighted by Gasteiger charge is 2.12. The molecule has 120 valence electrons. The van der Waals surface area contributed by atoms with E-state index in [1.54, 1.807) is 19.1 Å². The van der Waals surface area contributed by atoms with Crippen LogP contribution < -0.4 is 14.8 Å². The minimum Gasteiger partial charge on any atom is -0.490 e. The fourth-order valence-electron chi connectivity index (χ4n) is 1.69. The summed E-state index contributed by atoms with van der Waals surface area (Å²) in [6.45, 7) is -0.893. The average molecular weight is 315 g/mol. The molecule has 0 saturated heterocycles. The standard InChI is InChI=1S/C13H15F2N3O4/c1-2-20-10-5-8(3-4-9(10)21-12(14)15)6-16-13-18-17-11(7-19)22-13/h3-5,12,19H,2,6-7H2,1H3,(H,16,18). The molecule has 2 N–H and O–H groups in total. The van der Waals surface area contributed by atoms with Crippen molar-refractivity contribution in [2.24, 2.45) is 0 Å². The number of aliphatic hydroxyl groups is 1. The van der Waals surface area contributed by atoms with Crippen LogP contribution >= 0.6 is 0 Å². The molecule has 7 nitrogen and oxygen atoms in total. The van der Waals surface area contributed by atoms with Gasteiger partial charge >= 0.3 is 12.6 Å². The van der Waals surface area contributed by atoms with Gasteiger partial charge in [-0.15, -0.1) is 5.10 Å². The molecule has 1 aromatic heterocycles. The number of alkyl halides is 2. The lowest BCUT2D eigenvalue weighted by molar-refractivity contribution is -0.0514. The predicted molar refractivity (Wildman–Crippen MR) is 71.8 cm³/mol. The molecule has 0 amide bonds. The van der Waals surface area contributed by atoms with Gasteiger partial charge in [-0.05, 0) is 24.6 Å². The maximum Gasteiger partial charge on any atom is 0.387 e. The minimum atomic E-state index is -2.92. The van der Waals surface area contributed by atoms with E-state index < -0.39 is 6.61 Å². The van der Waals surface area contributed by atoms with Gasteiger partial charge in [-0.3, -0.25) is 0 Å². The molecule has 9 heteroatoms. The second-order valence-corrected chi connectivity index (χ2v) is 4.11. The molecule has 0 saturated carbocycles. The monoisotopic (exact) mass is 315 g/mol. The molecule has 0 aliphatic rings. The Morgan fingerprint density at radius 3 is 2.77 bits per heavy atom. The van der Waals surface area contributed by atoms with Crippen molar-refractivity contribution in [1.29, 1.82) is 0 Å². The lowest BCUT2D eigenvalue weighted by Gasteiger charge is -2.12. The smallest absolute Gasteiger partial charge is 0.387 e. The molecular formula is C13H15F2N3O4. The van der Waals surface area contributed by atoms with Gasteiger partial charge in [0.2, 0.25) is 5.89 Å². The van der Waals surface area contributed by atoms with Crippen LogP contribution in [0.5, 0.6) is 11.5 Å². The molecular weight excluding hydrogens is 300 g/mol. The molecule has 0 bridgehead atoms. The summed E-state index contributed by atoms with van der Waals surface area (Å²) < 4.78 is 39.4. The van der Waals surface area contributed by atoms with E-state index in [2.05, 4.69) is 20.3 Å². The van der Waals surface area contributed by atoms with Crippen LogP contribution in [0.2, 0.25) is 0 Å². The Bertz CT molecular complexity index is 607. The molecule has 0 aliphatic carbocycles. The van der Waals surface area contributed by atoms with E-state index in [0.29, 0.717) is 13.2 Å². The van der Waals surface area contributed by atoms with Crippen LogP contribution in [0.25, 0.3) is 0 Å². The Morgan fingerprint density at radius 2 is 2.14 bits per heavy atom. The topological polar surface area (TPSA) is 89.6 Å². The molecule has 0 fully saturated rings. The van der Waals surface area contributed by atoms with Crippen molar-refractivity contribution in [3.63, 3.8) is 0 Å². The van der Waals surface area contributed by atoms with E-state index in [4.69, 9.17) is 14.3 Å². The molecule has 0 spiro atoms. The van der Waals surface area contributed by atoms with E-state index >= 15 is 0 Å². The van der Waals surface area contributed by atoms with E-state index in [1.807, 2.05) is 0 Å². The van der Waals surface area contributed by atoms with Gasteiger partial charge in [0.05, 0.1) is 6.61 Å². The number of aromatic nitrogens is 2. The summed E-state index contributed by atoms with van der Waals surface area (Å²) in [5.74, 6) is 0.294. The number of benzene rings is 1. The quantitative estimate of drug-likeness (QED) is 0.771. The predicted octanol–water partition coefficient (Wildman–Crippen LogP) is 2.17. The van der Waals surface area contributed by atoms with Crippen LogP contribution in [0.1, 0.15) is 18.4 Å². The van der Waals surface area contributed by atoms with E-state index in [9.17, 15) is 8.78 Å². The van der Waals surface area contributed by atoms with Crippen LogP contribution in [-0.4, -0.2) is 28.5 Å². The third kappa shape index (κ3) is 4.29. The summed E-state index contributed by atoms with van der Waals surface area (Å²) in [5, 5.41) is 18.9. The number of anilines is 1. The van der Waals surface area contributed by atoms with E-state index in [-0.39, 0.29) is 30.0 Å². The fourth-order valence-corrected chi connectivity index (χ4v) is 1.69. The van der Waals surface area contributed by atoms with Crippen LogP contribution in [0.15, 0.2) is 22.6 Å². The first-order valence-electron chi connectivity index (χ1n) is 6.50. The second-order valence-electron chi connectivity index (χ2n) is 4.11. The normalized spacial score (nSPS) is 10.8. The number of nitrogens with one attached hydrogen (secondary N) is 1. The lowest BCUT2D eigenvalue weighted by Crippen LogP contribution is -2.06. The van der Waals surface area contributed by atoms with E-state index in [0.717, 1.165) is 5.56 Å². The maximum atomic E-state index is 12.3. The van der Waals surface area contributed by atoms with Gasteiger partial charge in [0, 0.05) is 6.54 Å². The van der Waals surface area contributed by atoms with Crippen molar-refractivity contribution in [2.75, 3.05) is 11.9 Å². The Kier molecular flexibility index (Phi) is 5.48. The number of hydrogen-bond donors (Lipinski definition) is 2. The molecule has 0 aliphatic heterocycles. The van der Waals surface area contributed by atoms with Crippen LogP contribution in [0, 0.1) is 0 Å². The van der Waals surface area contributed by atoms with Gasteiger partial charge in [0.15, 0.2) is 11.5 Å². The zero-order chi connectivity index (χ0) is 15.9. The summed E-state index contributed by atoms with van der Waals surface area (Å²) in [6.07, 6.45) is 0. The third-order valence-electron chi connectivity index (χ3n) is 2.57. The number of nitrogens with zero attached hydrogens (tertiary/aromatic N) is 2. The minimum absolute atomic E-state index is 0.0269. The average Bonchev–Trinajstić information content (AvgIpc) is 2.95. The highest BCUT2D eigenvalue weighted by molar-refractivity contribution is 5.43. The Balaban J connectivity index is 2.05. The molecule has 0 unspecified atom stereocenters. The van der Waals surface area contributed by atoms with Gasteiger partial charge in [-0.25, -0.2) is 0 Å². The van der Waals surface area contributed by atoms with Gasteiger partial charge in [-0.2, -0.15) is 8.78 Å². The second kappa shape index (κ2) is 7.55. The largest absolute Gasteiger partial charge is 0.490 e. The highest BCUT2D eigenvalue weighted by atomic mass is 19.3. The molecule has 22 heavy (non-hydrogen) atoms. The zero-order valence-electron chi connectivity index (χ0n) is 11.8. The molecule has 0 radical (unpaired) electrons. The first-order chi connectivity index (χ1) is 10.6. The summed E-state index contributed by atoms with van der Waals surface area (Å²) in [6, 6.07) is 4.74.